The summed E-state index contributed by atoms with van der Waals surface area (Å²) in [6.07, 6.45) is 25.1. The summed E-state index contributed by atoms with van der Waals surface area (Å²) in [6, 6.07) is 0. The molecular formula is C28H36O2. The van der Waals surface area contributed by atoms with Crippen LogP contribution in [0, 0.1) is 0 Å². The molecule has 0 spiro atoms. The van der Waals surface area contributed by atoms with Crippen molar-refractivity contribution in [2.45, 2.75) is 60.5 Å². The lowest BCUT2D eigenvalue weighted by molar-refractivity contribution is -0.124. The molecule has 1 atom stereocenters. The highest BCUT2D eigenvalue weighted by Crippen LogP contribution is 2.23. The number of carbonyl (C=O) groups is 1. The highest BCUT2D eigenvalue weighted by atomic mass is 16.3. The topological polar surface area (TPSA) is 37.3 Å². The predicted octanol–water partition coefficient (Wildman–Crippen LogP) is 7.06. The van der Waals surface area contributed by atoms with Crippen LogP contribution >= 0.6 is 0 Å². The predicted molar refractivity (Wildman–Crippen MR) is 130 cm³/mol. The molecule has 1 rings (SSSR count). The highest BCUT2D eigenvalue weighted by molar-refractivity contribution is 6.00. The summed E-state index contributed by atoms with van der Waals surface area (Å²) in [4.78, 5) is 11.9. The van der Waals surface area contributed by atoms with Gasteiger partial charge in [0.2, 0.25) is 0 Å². The second-order valence-corrected chi connectivity index (χ2v) is 7.98. The Balaban J connectivity index is 2.62. The van der Waals surface area contributed by atoms with Crippen LogP contribution in [0.2, 0.25) is 0 Å². The number of hydrogen-bond donors (Lipinski definition) is 1. The van der Waals surface area contributed by atoms with Crippen LogP contribution < -0.4 is 0 Å². The lowest BCUT2D eigenvalue weighted by Gasteiger charge is -2.18. The van der Waals surface area contributed by atoms with E-state index in [-0.39, 0.29) is 5.78 Å². The highest BCUT2D eigenvalue weighted by Gasteiger charge is 2.23. The van der Waals surface area contributed by atoms with Crippen molar-refractivity contribution < 1.29 is 9.90 Å². The summed E-state index contributed by atoms with van der Waals surface area (Å²) in [5, 5.41) is 9.62. The summed E-state index contributed by atoms with van der Waals surface area (Å²) in [5.41, 5.74) is 6.45. The molecule has 2 heteroatoms. The van der Waals surface area contributed by atoms with Crippen LogP contribution in [-0.2, 0) is 4.79 Å². The van der Waals surface area contributed by atoms with E-state index in [9.17, 15) is 9.90 Å². The molecule has 2 nitrogen and oxygen atoms in total. The molecule has 0 aromatic rings. The Hall–Kier alpha value is -2.71. The van der Waals surface area contributed by atoms with Gasteiger partial charge in [0, 0.05) is 0 Å². The number of rotatable bonds is 8. The average Bonchev–Trinajstić information content (AvgIpc) is 2.68. The van der Waals surface area contributed by atoms with Gasteiger partial charge in [0.25, 0.3) is 0 Å². The molecule has 0 saturated heterocycles. The van der Waals surface area contributed by atoms with Gasteiger partial charge < -0.3 is 5.11 Å². The summed E-state index contributed by atoms with van der Waals surface area (Å²) < 4.78 is 0. The van der Waals surface area contributed by atoms with Crippen molar-refractivity contribution in [2.75, 3.05) is 0 Å². The zero-order valence-electron chi connectivity index (χ0n) is 19.3. The fraction of sp³-hybridized carbons (Fsp3) is 0.321. The average molecular weight is 405 g/mol. The molecule has 0 heterocycles. The van der Waals surface area contributed by atoms with E-state index in [2.05, 4.69) is 64.2 Å². The van der Waals surface area contributed by atoms with Crippen LogP contribution in [0.3, 0.4) is 0 Å². The van der Waals surface area contributed by atoms with Crippen LogP contribution in [0.25, 0.3) is 0 Å². The van der Waals surface area contributed by atoms with Crippen molar-refractivity contribution in [1.82, 2.24) is 0 Å². The van der Waals surface area contributed by atoms with E-state index in [1.54, 1.807) is 6.92 Å². The standard InChI is InChI=1S/C28H36O2/c1-21(2)11-9-14-22(3)12-7-8-13-23(4)15-10-16-24(5)17-18-26-19-20-27(29)28(30)25(26)6/h7-18,27,29H,19-20H2,1-6H3/b8-7+,14-9+,15-10+,18-17+,22-12+,23-13+,24-16+. The molecule has 0 radical (unpaired) electrons. The SMILES string of the molecule is CC(C)=C/C=C/C(C)=C/C=C/C=C(C)/C=C/C=C(C)/C=C/C1=C(C)C(=O)C(O)CC1. The van der Waals surface area contributed by atoms with E-state index in [0.717, 1.165) is 23.1 Å². The van der Waals surface area contributed by atoms with Gasteiger partial charge >= 0.3 is 0 Å². The molecule has 0 bridgehead atoms. The Morgan fingerprint density at radius 2 is 1.30 bits per heavy atom. The van der Waals surface area contributed by atoms with Gasteiger partial charge in [-0.15, -0.1) is 0 Å². The summed E-state index contributed by atoms with van der Waals surface area (Å²) in [6.45, 7) is 12.1. The number of aliphatic hydroxyl groups excluding tert-OH is 1. The molecule has 0 fully saturated rings. The molecule has 0 aliphatic heterocycles. The Kier molecular flexibility index (Phi) is 11.4. The monoisotopic (exact) mass is 404 g/mol. The van der Waals surface area contributed by atoms with Gasteiger partial charge in [-0.05, 0) is 65.5 Å². The molecule has 0 saturated carbocycles. The van der Waals surface area contributed by atoms with E-state index in [1.807, 2.05) is 43.4 Å². The minimum atomic E-state index is -0.830. The maximum atomic E-state index is 11.9. The largest absolute Gasteiger partial charge is 0.385 e. The molecule has 0 aromatic heterocycles. The first kappa shape index (κ1) is 25.3. The first-order chi connectivity index (χ1) is 14.2. The van der Waals surface area contributed by atoms with Crippen LogP contribution in [-0.4, -0.2) is 17.0 Å². The van der Waals surface area contributed by atoms with Crippen LogP contribution in [0.15, 0.2) is 106 Å². The number of hydrogen-bond acceptors (Lipinski definition) is 2. The molecule has 0 aromatic carbocycles. The zero-order chi connectivity index (χ0) is 22.5. The van der Waals surface area contributed by atoms with Gasteiger partial charge in [-0.3, -0.25) is 4.79 Å². The normalized spacial score (nSPS) is 19.9. The second kappa shape index (κ2) is 13.5. The van der Waals surface area contributed by atoms with Gasteiger partial charge in [-0.2, -0.15) is 0 Å². The summed E-state index contributed by atoms with van der Waals surface area (Å²) in [5.74, 6) is -0.148. The maximum absolute atomic E-state index is 11.9. The fourth-order valence-corrected chi connectivity index (χ4v) is 2.78. The number of carbonyl (C=O) groups excluding carboxylic acids is 1. The van der Waals surface area contributed by atoms with Gasteiger partial charge in [-0.25, -0.2) is 0 Å². The van der Waals surface area contributed by atoms with Gasteiger partial charge in [-0.1, -0.05) is 95.2 Å². The summed E-state index contributed by atoms with van der Waals surface area (Å²) in [7, 11) is 0. The van der Waals surface area contributed by atoms with E-state index in [0.29, 0.717) is 12.0 Å². The number of Topliss-reactive ketones (excluding diaryl/α,β-unsaturated/α-hetero) is 1. The first-order valence-corrected chi connectivity index (χ1v) is 10.5. The van der Waals surface area contributed by atoms with Crippen molar-refractivity contribution >= 4 is 5.78 Å². The van der Waals surface area contributed by atoms with Crippen LogP contribution in [0.4, 0.5) is 0 Å². The maximum Gasteiger partial charge on any atom is 0.187 e. The summed E-state index contributed by atoms with van der Waals surface area (Å²) >= 11 is 0. The molecule has 0 amide bonds. The van der Waals surface area contributed by atoms with E-state index in [4.69, 9.17) is 0 Å². The number of aliphatic hydroxyl groups is 1. The molecule has 30 heavy (non-hydrogen) atoms. The fourth-order valence-electron chi connectivity index (χ4n) is 2.78. The minimum absolute atomic E-state index is 0.148. The molecule has 1 unspecified atom stereocenters. The Labute approximate surface area is 182 Å². The van der Waals surface area contributed by atoms with Crippen LogP contribution in [0.1, 0.15) is 54.4 Å². The van der Waals surface area contributed by atoms with Crippen molar-refractivity contribution in [1.29, 1.82) is 0 Å². The second-order valence-electron chi connectivity index (χ2n) is 7.98. The van der Waals surface area contributed by atoms with Gasteiger partial charge in [0.05, 0.1) is 0 Å². The molecule has 1 aliphatic rings. The molecular weight excluding hydrogens is 368 g/mol. The Morgan fingerprint density at radius 1 is 0.800 bits per heavy atom. The van der Waals surface area contributed by atoms with Gasteiger partial charge in [0.15, 0.2) is 5.78 Å². The Bertz CT molecular complexity index is 874. The van der Waals surface area contributed by atoms with E-state index in [1.165, 1.54) is 11.1 Å². The van der Waals surface area contributed by atoms with Crippen molar-refractivity contribution in [3.63, 3.8) is 0 Å². The third-order valence-electron chi connectivity index (χ3n) is 4.72. The molecule has 1 N–H and O–H groups in total. The minimum Gasteiger partial charge on any atom is -0.385 e. The lowest BCUT2D eigenvalue weighted by Crippen LogP contribution is -2.25. The number of ketones is 1. The van der Waals surface area contributed by atoms with Crippen LogP contribution in [0.5, 0.6) is 0 Å². The smallest absolute Gasteiger partial charge is 0.187 e. The van der Waals surface area contributed by atoms with E-state index < -0.39 is 6.10 Å². The zero-order valence-corrected chi connectivity index (χ0v) is 19.3. The third-order valence-corrected chi connectivity index (χ3v) is 4.72. The molecule has 160 valence electrons. The van der Waals surface area contributed by atoms with Crippen molar-refractivity contribution in [2.24, 2.45) is 0 Å². The first-order valence-electron chi connectivity index (χ1n) is 10.5. The molecule has 1 aliphatic carbocycles. The lowest BCUT2D eigenvalue weighted by atomic mass is 9.89. The third kappa shape index (κ3) is 10.2. The van der Waals surface area contributed by atoms with E-state index >= 15 is 0 Å². The van der Waals surface area contributed by atoms with Gasteiger partial charge in [0.1, 0.15) is 6.10 Å². The van der Waals surface area contributed by atoms with Crippen molar-refractivity contribution in [3.05, 3.63) is 106 Å². The quantitative estimate of drug-likeness (QED) is 0.440. The Morgan fingerprint density at radius 3 is 1.87 bits per heavy atom. The van der Waals surface area contributed by atoms with Crippen molar-refractivity contribution in [3.8, 4) is 0 Å². The number of allylic oxidation sites excluding steroid dienone is 17.